The molecule has 0 bridgehead atoms. The van der Waals surface area contributed by atoms with Gasteiger partial charge < -0.3 is 4.74 Å². The highest BCUT2D eigenvalue weighted by atomic mass is 16.6. The van der Waals surface area contributed by atoms with Crippen LogP contribution in [0.25, 0.3) is 10.9 Å². The van der Waals surface area contributed by atoms with Gasteiger partial charge in [0.05, 0.1) is 5.52 Å². The Morgan fingerprint density at radius 2 is 1.95 bits per heavy atom. The Bertz CT molecular complexity index is 689. The van der Waals surface area contributed by atoms with Crippen LogP contribution in [-0.2, 0) is 4.74 Å². The smallest absolute Gasteiger partial charge is 0.418 e. The number of rotatable bonds is 2. The summed E-state index contributed by atoms with van der Waals surface area (Å²) in [7, 11) is 0. The highest BCUT2D eigenvalue weighted by Gasteiger charge is 2.19. The summed E-state index contributed by atoms with van der Waals surface area (Å²) in [5, 5.41) is 0.809. The van der Waals surface area contributed by atoms with Crippen LogP contribution in [0.5, 0.6) is 0 Å². The number of hydrogen-bond acceptors (Lipinski definition) is 3. The van der Waals surface area contributed by atoms with E-state index >= 15 is 0 Å². The highest BCUT2D eigenvalue weighted by molar-refractivity contribution is 6.06. The second-order valence-electron chi connectivity index (χ2n) is 5.51. The van der Waals surface area contributed by atoms with Crippen LogP contribution in [0.1, 0.15) is 31.1 Å². The van der Waals surface area contributed by atoms with E-state index in [9.17, 15) is 9.59 Å². The first-order valence-electron chi connectivity index (χ1n) is 6.33. The lowest BCUT2D eigenvalue weighted by atomic mass is 10.1. The minimum absolute atomic E-state index is 0.142. The molecular formula is C16H17NO3. The Morgan fingerprint density at radius 3 is 2.55 bits per heavy atom. The highest BCUT2D eigenvalue weighted by Crippen LogP contribution is 2.20. The van der Waals surface area contributed by atoms with E-state index in [0.717, 1.165) is 5.39 Å². The van der Waals surface area contributed by atoms with Crippen molar-refractivity contribution in [2.45, 2.75) is 26.4 Å². The molecule has 1 aromatic carbocycles. The normalized spacial score (nSPS) is 11.3. The van der Waals surface area contributed by atoms with Crippen LogP contribution in [-0.4, -0.2) is 22.0 Å². The van der Waals surface area contributed by atoms with Gasteiger partial charge in [-0.15, -0.1) is 0 Å². The molecule has 0 spiro atoms. The number of benzene rings is 1. The average Bonchev–Trinajstić information content (AvgIpc) is 2.78. The zero-order valence-corrected chi connectivity index (χ0v) is 11.8. The van der Waals surface area contributed by atoms with Crippen LogP contribution in [0, 0.1) is 0 Å². The topological polar surface area (TPSA) is 48.3 Å². The predicted octanol–water partition coefficient (Wildman–Crippen LogP) is 3.79. The fourth-order valence-electron chi connectivity index (χ4n) is 1.88. The van der Waals surface area contributed by atoms with Gasteiger partial charge in [0, 0.05) is 17.1 Å². The molecule has 0 aliphatic heterocycles. The molecule has 0 radical (unpaired) electrons. The number of hydrogen-bond donors (Lipinski definition) is 0. The molecule has 0 atom stereocenters. The molecule has 20 heavy (non-hydrogen) atoms. The van der Waals surface area contributed by atoms with Crippen molar-refractivity contribution in [2.75, 3.05) is 0 Å². The molecule has 4 nitrogen and oxygen atoms in total. The first-order valence-corrected chi connectivity index (χ1v) is 6.33. The Hall–Kier alpha value is -2.36. The van der Waals surface area contributed by atoms with Gasteiger partial charge in [-0.3, -0.25) is 9.36 Å². The molecular weight excluding hydrogens is 254 g/mol. The molecule has 0 aliphatic rings. The van der Waals surface area contributed by atoms with Crippen LogP contribution < -0.4 is 0 Å². The summed E-state index contributed by atoms with van der Waals surface area (Å²) >= 11 is 0. The standard InChI is InChI=1S/C16H17NO3/c1-5-14(18)12-6-7-13-11(10-12)8-9-17(13)15(19)20-16(2,3)4/h5-10H,1H2,2-4H3. The monoisotopic (exact) mass is 271 g/mol. The quantitative estimate of drug-likeness (QED) is 0.616. The number of nitrogens with zero attached hydrogens (tertiary/aromatic N) is 1. The molecule has 0 aliphatic carbocycles. The summed E-state index contributed by atoms with van der Waals surface area (Å²) < 4.78 is 6.76. The number of carbonyl (C=O) groups is 2. The summed E-state index contributed by atoms with van der Waals surface area (Å²) in [6, 6.07) is 6.92. The van der Waals surface area contributed by atoms with Gasteiger partial charge >= 0.3 is 6.09 Å². The molecule has 0 saturated heterocycles. The van der Waals surface area contributed by atoms with Gasteiger partial charge in [-0.1, -0.05) is 6.58 Å². The maximum absolute atomic E-state index is 12.1. The Kier molecular flexibility index (Phi) is 3.49. The van der Waals surface area contributed by atoms with E-state index in [1.807, 2.05) is 20.8 Å². The third kappa shape index (κ3) is 2.79. The molecule has 2 rings (SSSR count). The van der Waals surface area contributed by atoms with Gasteiger partial charge in [-0.05, 0) is 51.1 Å². The number of carbonyl (C=O) groups excluding carboxylic acids is 2. The largest absolute Gasteiger partial charge is 0.443 e. The molecule has 0 amide bonds. The molecule has 2 aromatic rings. The summed E-state index contributed by atoms with van der Waals surface area (Å²) in [5.74, 6) is -0.142. The molecule has 4 heteroatoms. The summed E-state index contributed by atoms with van der Waals surface area (Å²) in [6.07, 6.45) is 2.47. The van der Waals surface area contributed by atoms with Crippen molar-refractivity contribution in [3.05, 3.63) is 48.7 Å². The lowest BCUT2D eigenvalue weighted by molar-refractivity contribution is 0.0544. The third-order valence-corrected chi connectivity index (χ3v) is 2.75. The number of allylic oxidation sites excluding steroid dienone is 1. The van der Waals surface area contributed by atoms with Crippen molar-refractivity contribution in [3.63, 3.8) is 0 Å². The van der Waals surface area contributed by atoms with Crippen molar-refractivity contribution < 1.29 is 14.3 Å². The predicted molar refractivity (Wildman–Crippen MR) is 78.1 cm³/mol. The van der Waals surface area contributed by atoms with Crippen LogP contribution in [0.15, 0.2) is 43.1 Å². The van der Waals surface area contributed by atoms with Crippen LogP contribution in [0.2, 0.25) is 0 Å². The number of aromatic nitrogens is 1. The average molecular weight is 271 g/mol. The van der Waals surface area contributed by atoms with E-state index in [-0.39, 0.29) is 5.78 Å². The SMILES string of the molecule is C=CC(=O)c1ccc2c(ccn2C(=O)OC(C)(C)C)c1. The summed E-state index contributed by atoms with van der Waals surface area (Å²) in [6.45, 7) is 8.91. The maximum Gasteiger partial charge on any atom is 0.418 e. The maximum atomic E-state index is 12.1. The van der Waals surface area contributed by atoms with Crippen LogP contribution in [0.3, 0.4) is 0 Å². The van der Waals surface area contributed by atoms with Crippen LogP contribution >= 0.6 is 0 Å². The molecule has 0 saturated carbocycles. The number of fused-ring (bicyclic) bond motifs is 1. The second kappa shape index (κ2) is 4.96. The second-order valence-corrected chi connectivity index (χ2v) is 5.51. The molecule has 0 unspecified atom stereocenters. The van der Waals surface area contributed by atoms with Gasteiger partial charge in [0.2, 0.25) is 0 Å². The van der Waals surface area contributed by atoms with E-state index in [0.29, 0.717) is 11.1 Å². The minimum atomic E-state index is -0.549. The minimum Gasteiger partial charge on any atom is -0.443 e. The molecule has 104 valence electrons. The van der Waals surface area contributed by atoms with Gasteiger partial charge in [-0.2, -0.15) is 0 Å². The van der Waals surface area contributed by atoms with Gasteiger partial charge in [-0.25, -0.2) is 4.79 Å². The van der Waals surface area contributed by atoms with Gasteiger partial charge in [0.25, 0.3) is 0 Å². The fourth-order valence-corrected chi connectivity index (χ4v) is 1.88. The first-order chi connectivity index (χ1) is 9.31. The molecule has 1 aromatic heterocycles. The van der Waals surface area contributed by atoms with E-state index in [2.05, 4.69) is 6.58 Å². The molecule has 0 N–H and O–H groups in total. The molecule has 1 heterocycles. The Labute approximate surface area is 117 Å². The Balaban J connectivity index is 2.41. The zero-order chi connectivity index (χ0) is 14.9. The van der Waals surface area contributed by atoms with E-state index in [4.69, 9.17) is 4.74 Å². The lowest BCUT2D eigenvalue weighted by Gasteiger charge is -2.19. The molecule has 0 fully saturated rings. The fraction of sp³-hybridized carbons (Fsp3) is 0.250. The van der Waals surface area contributed by atoms with E-state index in [1.165, 1.54) is 10.6 Å². The number of ketones is 1. The number of ether oxygens (including phenoxy) is 1. The Morgan fingerprint density at radius 1 is 1.25 bits per heavy atom. The third-order valence-electron chi connectivity index (χ3n) is 2.75. The zero-order valence-electron chi connectivity index (χ0n) is 11.8. The summed E-state index contributed by atoms with van der Waals surface area (Å²) in [4.78, 5) is 23.6. The van der Waals surface area contributed by atoms with Crippen molar-refractivity contribution in [2.24, 2.45) is 0 Å². The van der Waals surface area contributed by atoms with Crippen molar-refractivity contribution in [3.8, 4) is 0 Å². The summed E-state index contributed by atoms with van der Waals surface area (Å²) in [5.41, 5.74) is 0.709. The van der Waals surface area contributed by atoms with Gasteiger partial charge in [0.15, 0.2) is 5.78 Å². The van der Waals surface area contributed by atoms with E-state index in [1.54, 1.807) is 30.5 Å². The van der Waals surface area contributed by atoms with Crippen molar-refractivity contribution in [1.29, 1.82) is 0 Å². The van der Waals surface area contributed by atoms with Crippen molar-refractivity contribution >= 4 is 22.8 Å². The van der Waals surface area contributed by atoms with Crippen molar-refractivity contribution in [1.82, 2.24) is 4.57 Å². The first kappa shape index (κ1) is 14.1. The lowest BCUT2D eigenvalue weighted by Crippen LogP contribution is -2.26. The van der Waals surface area contributed by atoms with Crippen LogP contribution in [0.4, 0.5) is 4.79 Å². The van der Waals surface area contributed by atoms with E-state index < -0.39 is 11.7 Å². The van der Waals surface area contributed by atoms with Gasteiger partial charge in [0.1, 0.15) is 5.60 Å².